The maximum absolute atomic E-state index is 13.1. The highest BCUT2D eigenvalue weighted by atomic mass is 16.6. The number of benzene rings is 1. The minimum absolute atomic E-state index is 0.0353. The van der Waals surface area contributed by atoms with Crippen LogP contribution in [0.5, 0.6) is 0 Å². The molecule has 0 radical (unpaired) electrons. The molecule has 1 aliphatic carbocycles. The van der Waals surface area contributed by atoms with Crippen molar-refractivity contribution in [2.75, 3.05) is 13.1 Å². The summed E-state index contributed by atoms with van der Waals surface area (Å²) >= 11 is 0. The van der Waals surface area contributed by atoms with Gasteiger partial charge in [0.05, 0.1) is 0 Å². The van der Waals surface area contributed by atoms with E-state index in [1.807, 2.05) is 19.1 Å². The molecule has 2 aliphatic rings. The van der Waals surface area contributed by atoms with Crippen molar-refractivity contribution in [2.45, 2.75) is 83.3 Å². The van der Waals surface area contributed by atoms with Crippen LogP contribution in [0.3, 0.4) is 0 Å². The molecule has 0 bridgehead atoms. The number of ether oxygens (including phenoxy) is 1. The third-order valence-corrected chi connectivity index (χ3v) is 6.91. The molecule has 0 unspecified atom stereocenters. The topological polar surface area (TPSA) is 102 Å². The van der Waals surface area contributed by atoms with Gasteiger partial charge in [-0.1, -0.05) is 57.6 Å². The fraction of sp³-hybridized carbons (Fsp3) is 0.615. The first-order valence-corrected chi connectivity index (χ1v) is 12.7. The molecule has 2 amide bonds. The van der Waals surface area contributed by atoms with Gasteiger partial charge >= 0.3 is 6.09 Å². The number of hydrogen-bond acceptors (Lipinski definition) is 6. The van der Waals surface area contributed by atoms with Crippen molar-refractivity contribution in [1.82, 2.24) is 15.2 Å². The minimum Gasteiger partial charge on any atom is -0.436 e. The Kier molecular flexibility index (Phi) is 8.19. The molecule has 1 aliphatic heterocycles. The van der Waals surface area contributed by atoms with E-state index in [2.05, 4.69) is 10.3 Å². The van der Waals surface area contributed by atoms with Crippen LogP contribution in [0.4, 0.5) is 4.79 Å². The molecule has 1 aromatic carbocycles. The molecule has 2 atom stereocenters. The van der Waals surface area contributed by atoms with Crippen LogP contribution in [-0.2, 0) is 9.53 Å². The summed E-state index contributed by atoms with van der Waals surface area (Å²) < 4.78 is 11.3. The number of ketones is 1. The van der Waals surface area contributed by atoms with Gasteiger partial charge in [0.2, 0.25) is 5.78 Å². The molecule has 8 heteroatoms. The Balaban J connectivity index is 1.43. The lowest BCUT2D eigenvalue weighted by molar-refractivity contribution is -0.140. The maximum atomic E-state index is 13.1. The number of carbonyl (C=O) groups excluding carboxylic acids is 3. The number of amides is 2. The van der Waals surface area contributed by atoms with Crippen LogP contribution >= 0.6 is 0 Å². The van der Waals surface area contributed by atoms with Crippen LogP contribution in [0.1, 0.15) is 81.8 Å². The van der Waals surface area contributed by atoms with E-state index in [1.54, 1.807) is 17.0 Å². The van der Waals surface area contributed by atoms with Gasteiger partial charge in [-0.25, -0.2) is 9.78 Å². The van der Waals surface area contributed by atoms with Crippen molar-refractivity contribution in [3.05, 3.63) is 30.2 Å². The van der Waals surface area contributed by atoms with E-state index in [-0.39, 0.29) is 11.8 Å². The van der Waals surface area contributed by atoms with Crippen molar-refractivity contribution >= 4 is 28.9 Å². The lowest BCUT2D eigenvalue weighted by atomic mass is 9.85. The summed E-state index contributed by atoms with van der Waals surface area (Å²) in [5.41, 5.74) is 1.11. The number of oxazole rings is 1. The molecule has 0 spiro atoms. The summed E-state index contributed by atoms with van der Waals surface area (Å²) in [5, 5.41) is 2.69. The highest BCUT2D eigenvalue weighted by molar-refractivity contribution is 5.99. The van der Waals surface area contributed by atoms with Crippen LogP contribution < -0.4 is 5.32 Å². The molecule has 4 rings (SSSR count). The van der Waals surface area contributed by atoms with Gasteiger partial charge in [0.1, 0.15) is 11.6 Å². The number of nitrogens with zero attached hydrogens (tertiary/aromatic N) is 2. The predicted molar refractivity (Wildman–Crippen MR) is 127 cm³/mol. The van der Waals surface area contributed by atoms with Crippen LogP contribution in [0.15, 0.2) is 28.7 Å². The number of likely N-dealkylation sites (tertiary alicyclic amines) is 1. The SMILES string of the molecule is CCC[C@H](NC(=O)O[C@@H](CC1CCCCC1)C(=O)N1CCCC1)C(=O)c1nc2ccccc2o1. The van der Waals surface area contributed by atoms with Crippen molar-refractivity contribution in [1.29, 1.82) is 0 Å². The molecule has 34 heavy (non-hydrogen) atoms. The van der Waals surface area contributed by atoms with Crippen LogP contribution in [0.2, 0.25) is 0 Å². The molecule has 2 fully saturated rings. The molecule has 1 aromatic heterocycles. The Bertz CT molecular complexity index is 958. The standard InChI is InChI=1S/C26H35N3O5/c1-2-10-20(23(30)24-27-19-13-6-7-14-21(19)33-24)28-26(32)34-22(17-18-11-4-3-5-12-18)25(31)29-15-8-9-16-29/h6-7,13-14,18,20,22H,2-5,8-12,15-17H2,1H3,(H,28,32)/t20-,22-/m0/s1. The molecule has 1 saturated carbocycles. The number of alkyl carbamates (subject to hydrolysis) is 1. The average molecular weight is 470 g/mol. The average Bonchev–Trinajstić information content (AvgIpc) is 3.53. The first-order chi connectivity index (χ1) is 16.5. The summed E-state index contributed by atoms with van der Waals surface area (Å²) in [6.45, 7) is 3.35. The van der Waals surface area contributed by atoms with Crippen LogP contribution in [0.25, 0.3) is 11.1 Å². The van der Waals surface area contributed by atoms with Crippen molar-refractivity contribution < 1.29 is 23.5 Å². The summed E-state index contributed by atoms with van der Waals surface area (Å²) in [7, 11) is 0. The molecule has 2 heterocycles. The van der Waals surface area contributed by atoms with E-state index in [4.69, 9.17) is 9.15 Å². The molecular formula is C26H35N3O5. The molecule has 8 nitrogen and oxygen atoms in total. The van der Waals surface area contributed by atoms with Crippen molar-refractivity contribution in [2.24, 2.45) is 5.92 Å². The van der Waals surface area contributed by atoms with Gasteiger partial charge in [-0.05, 0) is 43.7 Å². The van der Waals surface area contributed by atoms with Gasteiger partial charge in [-0.15, -0.1) is 0 Å². The molecule has 184 valence electrons. The Labute approximate surface area is 200 Å². The Morgan fingerprint density at radius 2 is 1.85 bits per heavy atom. The summed E-state index contributed by atoms with van der Waals surface area (Å²) in [6, 6.07) is 6.32. The second-order valence-electron chi connectivity index (χ2n) is 9.50. The molecule has 1 N–H and O–H groups in total. The number of aromatic nitrogens is 1. The zero-order chi connectivity index (χ0) is 23.9. The lowest BCUT2D eigenvalue weighted by Crippen LogP contribution is -2.46. The molecule has 1 saturated heterocycles. The van der Waals surface area contributed by atoms with Gasteiger partial charge in [0, 0.05) is 13.1 Å². The van der Waals surface area contributed by atoms with E-state index in [0.29, 0.717) is 49.4 Å². The van der Waals surface area contributed by atoms with Gasteiger partial charge in [-0.3, -0.25) is 9.59 Å². The number of para-hydroxylation sites is 2. The van der Waals surface area contributed by atoms with E-state index in [9.17, 15) is 14.4 Å². The minimum atomic E-state index is -0.831. The first-order valence-electron chi connectivity index (χ1n) is 12.7. The van der Waals surface area contributed by atoms with Crippen molar-refractivity contribution in [3.63, 3.8) is 0 Å². The molecular weight excluding hydrogens is 434 g/mol. The monoisotopic (exact) mass is 469 g/mol. The zero-order valence-electron chi connectivity index (χ0n) is 20.0. The third kappa shape index (κ3) is 5.96. The van der Waals surface area contributed by atoms with Crippen LogP contribution in [0, 0.1) is 5.92 Å². The van der Waals surface area contributed by atoms with Crippen LogP contribution in [-0.4, -0.2) is 52.9 Å². The van der Waals surface area contributed by atoms with Gasteiger partial charge in [-0.2, -0.15) is 0 Å². The Morgan fingerprint density at radius 3 is 2.56 bits per heavy atom. The number of fused-ring (bicyclic) bond motifs is 1. The van der Waals surface area contributed by atoms with Gasteiger partial charge < -0.3 is 19.4 Å². The predicted octanol–water partition coefficient (Wildman–Crippen LogP) is 4.87. The highest BCUT2D eigenvalue weighted by Gasteiger charge is 2.34. The molecule has 2 aromatic rings. The first kappa shape index (κ1) is 24.2. The number of rotatable bonds is 9. The second-order valence-corrected chi connectivity index (χ2v) is 9.50. The Morgan fingerprint density at radius 1 is 1.12 bits per heavy atom. The van der Waals surface area contributed by atoms with E-state index in [0.717, 1.165) is 38.5 Å². The number of Topliss-reactive ketones (excluding diaryl/α,β-unsaturated/α-hetero) is 1. The number of carbonyl (C=O) groups is 3. The fourth-order valence-electron chi connectivity index (χ4n) is 5.06. The summed E-state index contributed by atoms with van der Waals surface area (Å²) in [5.74, 6) is -0.169. The number of hydrogen-bond donors (Lipinski definition) is 1. The summed E-state index contributed by atoms with van der Waals surface area (Å²) in [6.07, 6.45) is 7.68. The third-order valence-electron chi connectivity index (χ3n) is 6.91. The number of nitrogens with one attached hydrogen (secondary N) is 1. The lowest BCUT2D eigenvalue weighted by Gasteiger charge is -2.29. The largest absolute Gasteiger partial charge is 0.436 e. The highest BCUT2D eigenvalue weighted by Crippen LogP contribution is 2.29. The zero-order valence-corrected chi connectivity index (χ0v) is 20.0. The fourth-order valence-corrected chi connectivity index (χ4v) is 5.06. The van der Waals surface area contributed by atoms with Crippen molar-refractivity contribution in [3.8, 4) is 0 Å². The van der Waals surface area contributed by atoms with Gasteiger partial charge in [0.25, 0.3) is 11.8 Å². The van der Waals surface area contributed by atoms with E-state index < -0.39 is 24.0 Å². The van der Waals surface area contributed by atoms with E-state index >= 15 is 0 Å². The quantitative estimate of drug-likeness (QED) is 0.526. The smallest absolute Gasteiger partial charge is 0.408 e. The second kappa shape index (κ2) is 11.5. The van der Waals surface area contributed by atoms with E-state index in [1.165, 1.54) is 6.42 Å². The summed E-state index contributed by atoms with van der Waals surface area (Å²) in [4.78, 5) is 45.2. The normalized spacial score (nSPS) is 18.6. The Hall–Kier alpha value is -2.90. The maximum Gasteiger partial charge on any atom is 0.408 e. The van der Waals surface area contributed by atoms with Gasteiger partial charge in [0.15, 0.2) is 11.7 Å².